The summed E-state index contributed by atoms with van der Waals surface area (Å²) >= 11 is 1.63. The molecule has 0 radical (unpaired) electrons. The van der Waals surface area contributed by atoms with E-state index in [4.69, 9.17) is 4.98 Å². The van der Waals surface area contributed by atoms with E-state index in [1.165, 1.54) is 25.7 Å². The Labute approximate surface area is 195 Å². The van der Waals surface area contributed by atoms with Crippen LogP contribution in [0.25, 0.3) is 33.4 Å². The van der Waals surface area contributed by atoms with Crippen molar-refractivity contribution in [3.05, 3.63) is 65.9 Å². The number of benzene rings is 1. The highest BCUT2D eigenvalue weighted by atomic mass is 32.1. The highest BCUT2D eigenvalue weighted by Crippen LogP contribution is 2.37. The van der Waals surface area contributed by atoms with Gasteiger partial charge in [-0.3, -0.25) is 9.67 Å². The summed E-state index contributed by atoms with van der Waals surface area (Å²) in [4.78, 5) is 9.46. The van der Waals surface area contributed by atoms with Crippen LogP contribution < -0.4 is 5.32 Å². The van der Waals surface area contributed by atoms with Crippen LogP contribution in [0, 0.1) is 0 Å². The zero-order valence-electron chi connectivity index (χ0n) is 18.3. The first-order valence-electron chi connectivity index (χ1n) is 11.2. The molecule has 6 rings (SSSR count). The molecular formula is C25H23N7S. The van der Waals surface area contributed by atoms with Crippen molar-refractivity contribution in [1.82, 2.24) is 29.9 Å². The van der Waals surface area contributed by atoms with Crippen molar-refractivity contribution < 1.29 is 0 Å². The molecule has 1 aliphatic carbocycles. The van der Waals surface area contributed by atoms with E-state index in [1.807, 2.05) is 54.5 Å². The molecule has 0 atom stereocenters. The Morgan fingerprint density at radius 3 is 2.67 bits per heavy atom. The fraction of sp³-hybridized carbons (Fsp3) is 0.240. The van der Waals surface area contributed by atoms with Crippen molar-refractivity contribution >= 4 is 33.3 Å². The van der Waals surface area contributed by atoms with Gasteiger partial charge in [0.1, 0.15) is 16.5 Å². The quantitative estimate of drug-likeness (QED) is 0.354. The minimum Gasteiger partial charge on any atom is -0.315 e. The fourth-order valence-electron chi connectivity index (χ4n) is 4.46. The number of aryl methyl sites for hydroxylation is 1. The first kappa shape index (κ1) is 20.0. The normalized spacial score (nSPS) is 14.2. The molecule has 1 aliphatic rings. The molecule has 0 aliphatic heterocycles. The van der Waals surface area contributed by atoms with Crippen LogP contribution in [0.2, 0.25) is 0 Å². The summed E-state index contributed by atoms with van der Waals surface area (Å²) in [6.07, 6.45) is 8.93. The van der Waals surface area contributed by atoms with Gasteiger partial charge in [-0.1, -0.05) is 54.5 Å². The summed E-state index contributed by atoms with van der Waals surface area (Å²) in [7, 11) is 1.94. The van der Waals surface area contributed by atoms with Crippen LogP contribution in [0.4, 0.5) is 10.9 Å². The summed E-state index contributed by atoms with van der Waals surface area (Å²) in [6, 6.07) is 16.2. The first-order chi connectivity index (χ1) is 16.2. The zero-order valence-corrected chi connectivity index (χ0v) is 19.1. The Balaban J connectivity index is 1.32. The fourth-order valence-corrected chi connectivity index (χ4v) is 5.38. The van der Waals surface area contributed by atoms with E-state index in [1.54, 1.807) is 11.3 Å². The lowest BCUT2D eigenvalue weighted by atomic mass is 10.0. The average Bonchev–Trinajstić information content (AvgIpc) is 3.60. The van der Waals surface area contributed by atoms with E-state index >= 15 is 0 Å². The van der Waals surface area contributed by atoms with Gasteiger partial charge in [-0.05, 0) is 31.0 Å². The lowest BCUT2D eigenvalue weighted by Gasteiger charge is -2.06. The van der Waals surface area contributed by atoms with Gasteiger partial charge in [-0.2, -0.15) is 5.10 Å². The number of aromatic nitrogens is 6. The van der Waals surface area contributed by atoms with Gasteiger partial charge < -0.3 is 5.32 Å². The molecule has 1 saturated carbocycles. The molecule has 33 heavy (non-hydrogen) atoms. The highest BCUT2D eigenvalue weighted by molar-refractivity contribution is 7.15. The number of hydrogen-bond acceptors (Lipinski definition) is 7. The summed E-state index contributed by atoms with van der Waals surface area (Å²) in [5, 5.41) is 18.7. The molecule has 0 amide bonds. The third-order valence-corrected chi connectivity index (χ3v) is 7.11. The van der Waals surface area contributed by atoms with E-state index < -0.39 is 0 Å². The number of pyridine rings is 2. The molecule has 0 spiro atoms. The topological polar surface area (TPSA) is 81.4 Å². The van der Waals surface area contributed by atoms with E-state index in [0.717, 1.165) is 49.4 Å². The molecular weight excluding hydrogens is 430 g/mol. The van der Waals surface area contributed by atoms with Crippen LogP contribution in [0.1, 0.15) is 36.6 Å². The Morgan fingerprint density at radius 1 is 0.970 bits per heavy atom. The maximum Gasteiger partial charge on any atom is 0.211 e. The zero-order chi connectivity index (χ0) is 22.2. The van der Waals surface area contributed by atoms with Gasteiger partial charge in [-0.15, -0.1) is 10.2 Å². The Morgan fingerprint density at radius 2 is 1.82 bits per heavy atom. The third kappa shape index (κ3) is 3.98. The van der Waals surface area contributed by atoms with Crippen molar-refractivity contribution in [2.45, 2.75) is 31.6 Å². The van der Waals surface area contributed by atoms with E-state index in [2.05, 4.69) is 43.8 Å². The van der Waals surface area contributed by atoms with Gasteiger partial charge in [0.05, 0.1) is 11.0 Å². The number of anilines is 2. The Bertz CT molecular complexity index is 1420. The molecule has 0 bridgehead atoms. The molecule has 4 heterocycles. The number of rotatable bonds is 5. The van der Waals surface area contributed by atoms with Gasteiger partial charge >= 0.3 is 0 Å². The largest absolute Gasteiger partial charge is 0.315 e. The van der Waals surface area contributed by atoms with Crippen LogP contribution in [0.5, 0.6) is 0 Å². The number of hydrogen-bond donors (Lipinski definition) is 1. The molecule has 4 aromatic heterocycles. The number of nitrogens with zero attached hydrogens (tertiary/aromatic N) is 6. The molecule has 0 unspecified atom stereocenters. The average molecular weight is 454 g/mol. The lowest BCUT2D eigenvalue weighted by Crippen LogP contribution is -1.94. The second kappa shape index (κ2) is 8.37. The first-order valence-corrected chi connectivity index (χ1v) is 12.0. The van der Waals surface area contributed by atoms with Crippen molar-refractivity contribution in [1.29, 1.82) is 0 Å². The molecule has 1 N–H and O–H groups in total. The molecule has 8 heteroatoms. The second-order valence-corrected chi connectivity index (χ2v) is 9.45. The van der Waals surface area contributed by atoms with E-state index in [0.29, 0.717) is 5.92 Å². The standard InChI is InChI=1S/C25H23N7S/c1-32-15-19(23(31-32)16-7-3-2-4-8-16)18-13-21-20(26-14-18)11-12-22(27-21)28-25-30-29-24(33-25)17-9-5-6-10-17/h2-4,7-8,11-15,17H,5-6,9-10H2,1H3,(H,27,28,30). The molecule has 1 aromatic carbocycles. The molecule has 7 nitrogen and oxygen atoms in total. The Kier molecular flexibility index (Phi) is 5.07. The minimum atomic E-state index is 0.563. The predicted molar refractivity (Wildman–Crippen MR) is 132 cm³/mol. The minimum absolute atomic E-state index is 0.563. The molecule has 0 saturated heterocycles. The predicted octanol–water partition coefficient (Wildman–Crippen LogP) is 5.95. The van der Waals surface area contributed by atoms with Gasteiger partial charge in [0.2, 0.25) is 5.13 Å². The molecule has 164 valence electrons. The van der Waals surface area contributed by atoms with Crippen molar-refractivity contribution in [2.24, 2.45) is 7.05 Å². The summed E-state index contributed by atoms with van der Waals surface area (Å²) in [6.45, 7) is 0. The van der Waals surface area contributed by atoms with Crippen LogP contribution in [-0.2, 0) is 7.05 Å². The van der Waals surface area contributed by atoms with Crippen LogP contribution in [-0.4, -0.2) is 29.9 Å². The SMILES string of the molecule is Cn1cc(-c2cnc3ccc(Nc4nnc(C5CCCC5)s4)nc3c2)c(-c2ccccc2)n1. The Hall–Kier alpha value is -3.65. The number of nitrogens with one attached hydrogen (secondary N) is 1. The van der Waals surface area contributed by atoms with Crippen LogP contribution in [0.3, 0.4) is 0 Å². The summed E-state index contributed by atoms with van der Waals surface area (Å²) in [5.41, 5.74) is 5.69. The monoisotopic (exact) mass is 453 g/mol. The van der Waals surface area contributed by atoms with Crippen molar-refractivity contribution in [3.63, 3.8) is 0 Å². The highest BCUT2D eigenvalue weighted by Gasteiger charge is 2.21. The van der Waals surface area contributed by atoms with E-state index in [-0.39, 0.29) is 0 Å². The summed E-state index contributed by atoms with van der Waals surface area (Å²) in [5.74, 6) is 1.30. The summed E-state index contributed by atoms with van der Waals surface area (Å²) < 4.78 is 1.84. The van der Waals surface area contributed by atoms with Crippen molar-refractivity contribution in [2.75, 3.05) is 5.32 Å². The molecule has 1 fully saturated rings. The van der Waals surface area contributed by atoms with Gasteiger partial charge in [-0.25, -0.2) is 4.98 Å². The van der Waals surface area contributed by atoms with Crippen LogP contribution in [0.15, 0.2) is 60.9 Å². The second-order valence-electron chi connectivity index (χ2n) is 8.44. The molecule has 5 aromatic rings. The third-order valence-electron chi connectivity index (χ3n) is 6.10. The van der Waals surface area contributed by atoms with Gasteiger partial charge in [0.25, 0.3) is 0 Å². The van der Waals surface area contributed by atoms with E-state index in [9.17, 15) is 0 Å². The van der Waals surface area contributed by atoms with Crippen molar-refractivity contribution in [3.8, 4) is 22.4 Å². The smallest absolute Gasteiger partial charge is 0.211 e. The van der Waals surface area contributed by atoms with Gasteiger partial charge in [0.15, 0.2) is 0 Å². The number of fused-ring (bicyclic) bond motifs is 1. The lowest BCUT2D eigenvalue weighted by molar-refractivity contribution is 0.705. The van der Waals surface area contributed by atoms with Gasteiger partial charge in [0, 0.05) is 42.0 Å². The van der Waals surface area contributed by atoms with Crippen LogP contribution >= 0.6 is 11.3 Å². The maximum absolute atomic E-state index is 4.81. The maximum atomic E-state index is 4.81.